The zero-order chi connectivity index (χ0) is 32.8. The monoisotopic (exact) mass is 640 g/mol. The number of nitrogens with zero attached hydrogens (tertiary/aromatic N) is 2. The van der Waals surface area contributed by atoms with Crippen LogP contribution in [-0.4, -0.2) is 73.9 Å². The summed E-state index contributed by atoms with van der Waals surface area (Å²) in [6.45, 7) is 16.2. The van der Waals surface area contributed by atoms with Gasteiger partial charge in [0.25, 0.3) is 0 Å². The Hall–Kier alpha value is -1.24. The van der Waals surface area contributed by atoms with Crippen LogP contribution in [0, 0.1) is 23.2 Å². The molecule has 0 spiro atoms. The lowest BCUT2D eigenvalue weighted by atomic mass is 9.35. The zero-order valence-corrected chi connectivity index (χ0v) is 30.7. The molecule has 1 N–H and O–H groups in total. The van der Waals surface area contributed by atoms with E-state index in [1.807, 2.05) is 4.90 Å². The highest BCUT2D eigenvalue weighted by Gasteiger charge is 2.46. The van der Waals surface area contributed by atoms with Crippen molar-refractivity contribution in [3.63, 3.8) is 0 Å². The Bertz CT molecular complexity index is 1000. The molecule has 3 heterocycles. The van der Waals surface area contributed by atoms with Gasteiger partial charge in [0.1, 0.15) is 13.9 Å². The van der Waals surface area contributed by atoms with E-state index < -0.39 is 0 Å². The van der Waals surface area contributed by atoms with Gasteiger partial charge in [-0.2, -0.15) is 0 Å². The first-order valence-electron chi connectivity index (χ1n) is 19.9. The first-order chi connectivity index (χ1) is 22.0. The third-order valence-electron chi connectivity index (χ3n) is 13.8. The SMILES string of the molecule is CC1CCCC(C)CCC(C)(BC2(C)CCCCCCC(C)(C3CN(C(=O)N4CCC5OCC(=O)NC5C4)C3)CCCC2)CCC1. The Balaban J connectivity index is 1.13. The summed E-state index contributed by atoms with van der Waals surface area (Å²) < 4.78 is 5.71. The topological polar surface area (TPSA) is 61.9 Å². The van der Waals surface area contributed by atoms with Crippen LogP contribution in [0.25, 0.3) is 0 Å². The molecule has 2 aliphatic carbocycles. The second-order valence-electron chi connectivity index (χ2n) is 18.3. The quantitative estimate of drug-likeness (QED) is 0.314. The van der Waals surface area contributed by atoms with Crippen molar-refractivity contribution < 1.29 is 14.3 Å². The third kappa shape index (κ3) is 9.68. The van der Waals surface area contributed by atoms with Gasteiger partial charge >= 0.3 is 6.03 Å². The van der Waals surface area contributed by atoms with Crippen LogP contribution < -0.4 is 5.32 Å². The highest BCUT2D eigenvalue weighted by atomic mass is 16.5. The minimum absolute atomic E-state index is 0.0497. The summed E-state index contributed by atoms with van der Waals surface area (Å²) in [5, 5.41) is 4.01. The number of likely N-dealkylation sites (tertiary alicyclic amines) is 2. The summed E-state index contributed by atoms with van der Waals surface area (Å²) in [6, 6.07) is 0.0987. The molecule has 5 rings (SSSR count). The van der Waals surface area contributed by atoms with Crippen molar-refractivity contribution in [3.05, 3.63) is 0 Å². The predicted molar refractivity (Wildman–Crippen MR) is 192 cm³/mol. The van der Waals surface area contributed by atoms with Crippen molar-refractivity contribution in [3.8, 4) is 0 Å². The van der Waals surface area contributed by atoms with Crippen LogP contribution in [0.2, 0.25) is 10.6 Å². The van der Waals surface area contributed by atoms with Gasteiger partial charge in [-0.3, -0.25) is 4.79 Å². The maximum absolute atomic E-state index is 13.5. The normalized spacial score (nSPS) is 39.8. The average Bonchev–Trinajstić information content (AvgIpc) is 3.00. The smallest absolute Gasteiger partial charge is 0.320 e. The number of rotatable bonds is 3. The van der Waals surface area contributed by atoms with Gasteiger partial charge in [0, 0.05) is 26.2 Å². The minimum Gasteiger partial charge on any atom is -0.366 e. The number of carbonyl (C=O) groups excluding carboxylic acids is 2. The van der Waals surface area contributed by atoms with Crippen molar-refractivity contribution >= 4 is 19.2 Å². The standard InChI is InChI=1S/C39H70BN3O3/c1-30-14-12-15-31(2)17-24-39(5,23-13-16-30)40-38(4)21-9-7-6-8-19-37(3,20-10-11-22-38)32-26-43(27-32)36(45)42-25-18-34-33(28-42)41-35(44)29-46-34/h30-34,40H,6-29H2,1-5H3,(H,41,44). The number of ether oxygens (including phenoxy) is 1. The van der Waals surface area contributed by atoms with Crippen LogP contribution in [0.5, 0.6) is 0 Å². The molecule has 0 aromatic rings. The van der Waals surface area contributed by atoms with Crippen molar-refractivity contribution in [2.24, 2.45) is 23.2 Å². The first-order valence-corrected chi connectivity index (χ1v) is 19.9. The van der Waals surface area contributed by atoms with E-state index in [0.717, 1.165) is 37.9 Å². The van der Waals surface area contributed by atoms with Gasteiger partial charge in [0.15, 0.2) is 0 Å². The molecule has 7 atom stereocenters. The summed E-state index contributed by atoms with van der Waals surface area (Å²) >= 11 is 0. The molecule has 3 aliphatic heterocycles. The molecule has 7 unspecified atom stereocenters. The van der Waals surface area contributed by atoms with Gasteiger partial charge in [0.2, 0.25) is 5.91 Å². The number of hydrogen-bond donors (Lipinski definition) is 1. The molecule has 2 saturated carbocycles. The van der Waals surface area contributed by atoms with Crippen LogP contribution in [0.1, 0.15) is 157 Å². The Kier molecular flexibility index (Phi) is 12.5. The zero-order valence-electron chi connectivity index (χ0n) is 30.7. The minimum atomic E-state index is -0.0639. The number of morpholine rings is 1. The molecule has 0 aromatic heterocycles. The fraction of sp³-hybridized carbons (Fsp3) is 0.949. The van der Waals surface area contributed by atoms with Crippen molar-refractivity contribution in [2.45, 2.75) is 179 Å². The molecule has 0 aromatic carbocycles. The molecule has 46 heavy (non-hydrogen) atoms. The third-order valence-corrected chi connectivity index (χ3v) is 13.8. The van der Waals surface area contributed by atoms with E-state index in [0.29, 0.717) is 28.5 Å². The van der Waals surface area contributed by atoms with Gasteiger partial charge in [0.05, 0.1) is 12.1 Å². The molecule has 6 nitrogen and oxygen atoms in total. The Labute approximate surface area is 283 Å². The summed E-state index contributed by atoms with van der Waals surface area (Å²) in [4.78, 5) is 29.4. The van der Waals surface area contributed by atoms with E-state index in [9.17, 15) is 9.59 Å². The molecule has 262 valence electrons. The summed E-state index contributed by atoms with van der Waals surface area (Å²) in [7, 11) is 1.42. The fourth-order valence-electron chi connectivity index (χ4n) is 10.4. The maximum atomic E-state index is 13.5. The number of nitrogens with one attached hydrogen (secondary N) is 1. The van der Waals surface area contributed by atoms with Crippen LogP contribution in [0.4, 0.5) is 4.79 Å². The number of amides is 3. The predicted octanol–water partition coefficient (Wildman–Crippen LogP) is 8.75. The van der Waals surface area contributed by atoms with Crippen LogP contribution in [0.15, 0.2) is 0 Å². The first kappa shape index (κ1) is 36.1. The van der Waals surface area contributed by atoms with Gasteiger partial charge in [-0.05, 0) is 42.4 Å². The summed E-state index contributed by atoms with van der Waals surface area (Å²) in [5.41, 5.74) is 0.332. The Morgan fingerprint density at radius 2 is 1.30 bits per heavy atom. The van der Waals surface area contributed by atoms with Gasteiger partial charge < -0.3 is 19.9 Å². The van der Waals surface area contributed by atoms with Gasteiger partial charge in [-0.15, -0.1) is 0 Å². The van der Waals surface area contributed by atoms with Gasteiger partial charge in [-0.25, -0.2) is 4.79 Å². The van der Waals surface area contributed by atoms with Gasteiger partial charge in [-0.1, -0.05) is 148 Å². The fourth-order valence-corrected chi connectivity index (χ4v) is 10.4. The number of carbonyl (C=O) groups is 2. The highest BCUT2D eigenvalue weighted by molar-refractivity contribution is 6.44. The molecular formula is C39H70BN3O3. The largest absolute Gasteiger partial charge is 0.366 e. The molecule has 7 heteroatoms. The van der Waals surface area contributed by atoms with Crippen LogP contribution in [-0.2, 0) is 9.53 Å². The van der Waals surface area contributed by atoms with E-state index in [4.69, 9.17) is 4.74 Å². The average molecular weight is 640 g/mol. The van der Waals surface area contributed by atoms with E-state index >= 15 is 0 Å². The summed E-state index contributed by atoms with van der Waals surface area (Å²) in [6.07, 6.45) is 25.8. The second-order valence-corrected chi connectivity index (χ2v) is 18.3. The van der Waals surface area contributed by atoms with E-state index in [2.05, 4.69) is 44.8 Å². The lowest BCUT2D eigenvalue weighted by molar-refractivity contribution is -0.139. The number of hydrogen-bond acceptors (Lipinski definition) is 3. The lowest BCUT2D eigenvalue weighted by Gasteiger charge is -2.52. The number of fused-ring (bicyclic) bond motifs is 1. The Morgan fingerprint density at radius 1 is 0.717 bits per heavy atom. The maximum Gasteiger partial charge on any atom is 0.320 e. The van der Waals surface area contributed by atoms with Crippen molar-refractivity contribution in [1.29, 1.82) is 0 Å². The molecule has 3 saturated heterocycles. The van der Waals surface area contributed by atoms with E-state index in [1.54, 1.807) is 0 Å². The molecule has 5 fully saturated rings. The lowest BCUT2D eigenvalue weighted by Crippen LogP contribution is -2.65. The van der Waals surface area contributed by atoms with Crippen LogP contribution in [0.3, 0.4) is 0 Å². The van der Waals surface area contributed by atoms with Crippen LogP contribution >= 0.6 is 0 Å². The van der Waals surface area contributed by atoms with E-state index in [1.165, 1.54) is 123 Å². The number of urea groups is 1. The molecule has 0 bridgehead atoms. The summed E-state index contributed by atoms with van der Waals surface area (Å²) in [5.74, 6) is 2.33. The molecule has 0 radical (unpaired) electrons. The molecule has 5 aliphatic rings. The van der Waals surface area contributed by atoms with Crippen molar-refractivity contribution in [2.75, 3.05) is 32.8 Å². The second kappa shape index (κ2) is 16.0. The van der Waals surface area contributed by atoms with E-state index in [-0.39, 0.29) is 30.7 Å². The van der Waals surface area contributed by atoms with Crippen molar-refractivity contribution in [1.82, 2.24) is 15.1 Å². The highest BCUT2D eigenvalue weighted by Crippen LogP contribution is 2.51. The molecular weight excluding hydrogens is 569 g/mol. The Morgan fingerprint density at radius 3 is 2.04 bits per heavy atom. The molecule has 3 amide bonds. The number of piperidine rings is 1.